The minimum Gasteiger partial charge on any atom is -0.496 e. The summed E-state index contributed by atoms with van der Waals surface area (Å²) in [5.41, 5.74) is 13.8. The van der Waals surface area contributed by atoms with E-state index in [0.29, 0.717) is 0 Å². The first-order valence-corrected chi connectivity index (χ1v) is 12.1. The number of benzene rings is 2. The average molecular weight is 425 g/mol. The quantitative estimate of drug-likeness (QED) is 0.387. The van der Waals surface area contributed by atoms with Crippen LogP contribution in [0.2, 0.25) is 0 Å². The van der Waals surface area contributed by atoms with E-state index in [4.69, 9.17) is 9.47 Å². The monoisotopic (exact) mass is 424 g/mol. The van der Waals surface area contributed by atoms with Crippen molar-refractivity contribution in [3.63, 3.8) is 0 Å². The fourth-order valence-corrected chi connectivity index (χ4v) is 5.02. The van der Waals surface area contributed by atoms with Gasteiger partial charge < -0.3 is 9.47 Å². The van der Waals surface area contributed by atoms with Gasteiger partial charge in [0.05, 0.1) is 14.2 Å². The van der Waals surface area contributed by atoms with Crippen LogP contribution in [-0.2, 0) is 19.3 Å². The van der Waals surface area contributed by atoms with Gasteiger partial charge in [-0.05, 0) is 112 Å². The third-order valence-electron chi connectivity index (χ3n) is 7.44. The second-order valence-electron chi connectivity index (χ2n) is 9.11. The van der Waals surface area contributed by atoms with Crippen molar-refractivity contribution in [2.24, 2.45) is 0 Å². The Hall–Kier alpha value is -1.96. The van der Waals surface area contributed by atoms with E-state index in [-0.39, 0.29) is 0 Å². The molecule has 0 spiro atoms. The SMILES string of the molecule is CCCCc1c(C)c(C)c(C)c(OC)c1Cc1c(CCCC)c(C)c(C)c(C)c1OC. The molecular weight excluding hydrogens is 380 g/mol. The average Bonchev–Trinajstić information content (AvgIpc) is 2.76. The Morgan fingerprint density at radius 1 is 0.484 bits per heavy atom. The number of hydrogen-bond donors (Lipinski definition) is 0. The molecule has 0 aliphatic heterocycles. The van der Waals surface area contributed by atoms with Crippen molar-refractivity contribution in [1.82, 2.24) is 0 Å². The number of ether oxygens (including phenoxy) is 2. The summed E-state index contributed by atoms with van der Waals surface area (Å²) >= 11 is 0. The first-order valence-electron chi connectivity index (χ1n) is 12.1. The summed E-state index contributed by atoms with van der Waals surface area (Å²) in [6.45, 7) is 18.0. The van der Waals surface area contributed by atoms with Crippen molar-refractivity contribution in [2.75, 3.05) is 14.2 Å². The van der Waals surface area contributed by atoms with Gasteiger partial charge >= 0.3 is 0 Å². The number of unbranched alkanes of at least 4 members (excludes halogenated alkanes) is 2. The molecule has 0 aromatic heterocycles. The molecule has 0 N–H and O–H groups in total. The van der Waals surface area contributed by atoms with Crippen molar-refractivity contribution >= 4 is 0 Å². The number of hydrogen-bond acceptors (Lipinski definition) is 2. The van der Waals surface area contributed by atoms with E-state index in [2.05, 4.69) is 55.4 Å². The maximum atomic E-state index is 6.04. The fourth-order valence-electron chi connectivity index (χ4n) is 5.02. The van der Waals surface area contributed by atoms with Crippen molar-refractivity contribution in [3.8, 4) is 11.5 Å². The minimum atomic E-state index is 0.869. The molecule has 0 unspecified atom stereocenters. The van der Waals surface area contributed by atoms with E-state index in [1.54, 1.807) is 0 Å². The van der Waals surface area contributed by atoms with Crippen LogP contribution in [0.1, 0.15) is 95.2 Å². The zero-order chi connectivity index (χ0) is 23.3. The minimum absolute atomic E-state index is 0.869. The smallest absolute Gasteiger partial charge is 0.125 e. The zero-order valence-electron chi connectivity index (χ0n) is 21.8. The predicted octanol–water partition coefficient (Wildman–Crippen LogP) is 7.83. The molecule has 2 rings (SSSR count). The number of rotatable bonds is 10. The van der Waals surface area contributed by atoms with Gasteiger partial charge in [-0.2, -0.15) is 0 Å². The Morgan fingerprint density at radius 3 is 1.13 bits per heavy atom. The highest BCUT2D eigenvalue weighted by atomic mass is 16.5. The zero-order valence-corrected chi connectivity index (χ0v) is 21.8. The molecule has 172 valence electrons. The molecule has 2 aromatic carbocycles. The topological polar surface area (TPSA) is 18.5 Å². The van der Waals surface area contributed by atoms with Crippen LogP contribution in [0.25, 0.3) is 0 Å². The molecule has 0 radical (unpaired) electrons. The Balaban J connectivity index is 2.83. The summed E-state index contributed by atoms with van der Waals surface area (Å²) in [6.07, 6.45) is 7.87. The predicted molar refractivity (Wildman–Crippen MR) is 134 cm³/mol. The van der Waals surface area contributed by atoms with Gasteiger partial charge in [0.15, 0.2) is 0 Å². The Bertz CT molecular complexity index is 846. The van der Waals surface area contributed by atoms with Gasteiger partial charge in [-0.15, -0.1) is 0 Å². The third kappa shape index (κ3) is 4.94. The molecule has 2 heteroatoms. The van der Waals surface area contributed by atoms with Gasteiger partial charge in [0.1, 0.15) is 11.5 Å². The highest BCUT2D eigenvalue weighted by molar-refractivity contribution is 5.61. The van der Waals surface area contributed by atoms with Gasteiger partial charge in [-0.1, -0.05) is 26.7 Å². The highest BCUT2D eigenvalue weighted by Crippen LogP contribution is 2.40. The molecule has 0 amide bonds. The normalized spacial score (nSPS) is 11.2. The molecule has 0 atom stereocenters. The van der Waals surface area contributed by atoms with Crippen molar-refractivity contribution in [3.05, 3.63) is 55.6 Å². The van der Waals surface area contributed by atoms with E-state index in [1.165, 1.54) is 81.3 Å². The molecule has 0 aliphatic rings. The largest absolute Gasteiger partial charge is 0.496 e. The lowest BCUT2D eigenvalue weighted by Gasteiger charge is -2.26. The summed E-state index contributed by atoms with van der Waals surface area (Å²) < 4.78 is 12.1. The lowest BCUT2D eigenvalue weighted by Crippen LogP contribution is -2.11. The van der Waals surface area contributed by atoms with Crippen LogP contribution in [-0.4, -0.2) is 14.2 Å². The van der Waals surface area contributed by atoms with Crippen LogP contribution in [0.15, 0.2) is 0 Å². The van der Waals surface area contributed by atoms with Crippen LogP contribution in [0.5, 0.6) is 11.5 Å². The van der Waals surface area contributed by atoms with Crippen LogP contribution in [0, 0.1) is 41.5 Å². The van der Waals surface area contributed by atoms with E-state index >= 15 is 0 Å². The second-order valence-corrected chi connectivity index (χ2v) is 9.11. The molecule has 0 bridgehead atoms. The summed E-state index contributed by atoms with van der Waals surface area (Å²) in [5.74, 6) is 2.13. The van der Waals surface area contributed by atoms with E-state index in [0.717, 1.165) is 30.8 Å². The maximum absolute atomic E-state index is 6.04. The standard InChI is InChI=1S/C29H44O2/c1-11-13-15-24-20(5)18(3)22(7)28(30-9)26(24)17-27-25(16-14-12-2)21(6)19(4)23(8)29(27)31-10/h11-17H2,1-10H3. The molecule has 0 aliphatic carbocycles. The molecular formula is C29H44O2. The highest BCUT2D eigenvalue weighted by Gasteiger charge is 2.24. The first-order chi connectivity index (χ1) is 14.7. The molecule has 2 aromatic rings. The molecule has 0 fully saturated rings. The second kappa shape index (κ2) is 11.1. The summed E-state index contributed by atoms with van der Waals surface area (Å²) in [7, 11) is 3.65. The lowest BCUT2D eigenvalue weighted by molar-refractivity contribution is 0.400. The molecule has 2 nitrogen and oxygen atoms in total. The molecule has 0 heterocycles. The van der Waals surface area contributed by atoms with Crippen LogP contribution < -0.4 is 9.47 Å². The fraction of sp³-hybridized carbons (Fsp3) is 0.586. The first kappa shape index (κ1) is 25.3. The van der Waals surface area contributed by atoms with Crippen molar-refractivity contribution in [1.29, 1.82) is 0 Å². The van der Waals surface area contributed by atoms with E-state index in [9.17, 15) is 0 Å². The molecule has 0 saturated carbocycles. The summed E-state index contributed by atoms with van der Waals surface area (Å²) in [4.78, 5) is 0. The van der Waals surface area contributed by atoms with Gasteiger partial charge in [0.2, 0.25) is 0 Å². The van der Waals surface area contributed by atoms with E-state index in [1.807, 2.05) is 14.2 Å². The summed E-state index contributed by atoms with van der Waals surface area (Å²) in [5, 5.41) is 0. The van der Waals surface area contributed by atoms with Crippen molar-refractivity contribution < 1.29 is 9.47 Å². The Kier molecular flexibility index (Phi) is 9.03. The Morgan fingerprint density at radius 2 is 0.839 bits per heavy atom. The van der Waals surface area contributed by atoms with Crippen LogP contribution >= 0.6 is 0 Å². The van der Waals surface area contributed by atoms with Gasteiger partial charge in [0, 0.05) is 17.5 Å². The van der Waals surface area contributed by atoms with Gasteiger partial charge in [0.25, 0.3) is 0 Å². The van der Waals surface area contributed by atoms with Crippen LogP contribution in [0.3, 0.4) is 0 Å². The summed E-state index contributed by atoms with van der Waals surface area (Å²) in [6, 6.07) is 0. The lowest BCUT2D eigenvalue weighted by atomic mass is 9.83. The molecule has 0 saturated heterocycles. The van der Waals surface area contributed by atoms with Gasteiger partial charge in [-0.3, -0.25) is 0 Å². The Labute approximate surface area is 191 Å². The molecule has 31 heavy (non-hydrogen) atoms. The van der Waals surface area contributed by atoms with Crippen molar-refractivity contribution in [2.45, 2.75) is 100 Å². The maximum Gasteiger partial charge on any atom is 0.125 e. The van der Waals surface area contributed by atoms with Gasteiger partial charge in [-0.25, -0.2) is 0 Å². The third-order valence-corrected chi connectivity index (χ3v) is 7.44. The van der Waals surface area contributed by atoms with Crippen LogP contribution in [0.4, 0.5) is 0 Å². The van der Waals surface area contributed by atoms with E-state index < -0.39 is 0 Å². The number of methoxy groups -OCH3 is 2.